The lowest BCUT2D eigenvalue weighted by atomic mass is 10.1. The lowest BCUT2D eigenvalue weighted by Crippen LogP contribution is -2.26. The smallest absolute Gasteiger partial charge is 0.253 e. The molecule has 0 radical (unpaired) electrons. The summed E-state index contributed by atoms with van der Waals surface area (Å²) in [5, 5.41) is 2.94. The molecule has 4 rings (SSSR count). The lowest BCUT2D eigenvalue weighted by Gasteiger charge is -2.25. The summed E-state index contributed by atoms with van der Waals surface area (Å²) in [4.78, 5) is 23.1. The summed E-state index contributed by atoms with van der Waals surface area (Å²) in [6, 6.07) is 14.4. The lowest BCUT2D eigenvalue weighted by molar-refractivity contribution is 0.0950. The Kier molecular flexibility index (Phi) is 4.35. The minimum atomic E-state index is -0.128. The summed E-state index contributed by atoms with van der Waals surface area (Å²) in [6.07, 6.45) is 7.86. The van der Waals surface area contributed by atoms with Gasteiger partial charge < -0.3 is 10.2 Å². The van der Waals surface area contributed by atoms with Gasteiger partial charge in [-0.25, -0.2) is 0 Å². The molecule has 0 aliphatic carbocycles. The molecule has 5 nitrogen and oxygen atoms in total. The minimum absolute atomic E-state index is 0.128. The van der Waals surface area contributed by atoms with Gasteiger partial charge in [-0.05, 0) is 48.7 Å². The van der Waals surface area contributed by atoms with Crippen LogP contribution >= 0.6 is 0 Å². The molecular weight excluding hydrogens is 324 g/mol. The van der Waals surface area contributed by atoms with Crippen LogP contribution in [0.5, 0.6) is 0 Å². The fourth-order valence-corrected chi connectivity index (χ4v) is 3.43. The van der Waals surface area contributed by atoms with Crippen LogP contribution in [0.4, 0.5) is 11.4 Å². The van der Waals surface area contributed by atoms with E-state index in [9.17, 15) is 4.79 Å². The topological polar surface area (TPSA) is 58.1 Å². The van der Waals surface area contributed by atoms with Crippen molar-refractivity contribution in [3.63, 3.8) is 0 Å². The van der Waals surface area contributed by atoms with E-state index in [-0.39, 0.29) is 5.91 Å². The molecule has 1 unspecified atom stereocenters. The van der Waals surface area contributed by atoms with E-state index in [2.05, 4.69) is 45.3 Å². The molecule has 1 N–H and O–H groups in total. The number of nitrogens with one attached hydrogen (secondary N) is 1. The van der Waals surface area contributed by atoms with Crippen LogP contribution in [0.25, 0.3) is 0 Å². The third kappa shape index (κ3) is 3.16. The number of carbonyl (C=O) groups excluding carboxylic acids is 1. The van der Waals surface area contributed by atoms with Crippen LogP contribution in [0.2, 0.25) is 0 Å². The summed E-state index contributed by atoms with van der Waals surface area (Å²) in [6.45, 7) is 2.66. The first kappa shape index (κ1) is 16.3. The highest BCUT2D eigenvalue weighted by molar-refractivity contribution is 5.95. The predicted molar refractivity (Wildman–Crippen MR) is 101 cm³/mol. The van der Waals surface area contributed by atoms with Gasteiger partial charge in [0.15, 0.2) is 0 Å². The van der Waals surface area contributed by atoms with Gasteiger partial charge in [-0.15, -0.1) is 0 Å². The van der Waals surface area contributed by atoms with Gasteiger partial charge >= 0.3 is 0 Å². The number of rotatable bonds is 4. The number of hydrogen-bond donors (Lipinski definition) is 1. The molecule has 1 aliphatic rings. The van der Waals surface area contributed by atoms with Gasteiger partial charge in [0.2, 0.25) is 0 Å². The van der Waals surface area contributed by atoms with Crippen molar-refractivity contribution in [1.82, 2.24) is 15.3 Å². The number of anilines is 2. The first-order chi connectivity index (χ1) is 12.7. The molecule has 0 bridgehead atoms. The zero-order valence-electron chi connectivity index (χ0n) is 14.6. The summed E-state index contributed by atoms with van der Waals surface area (Å²) in [5.41, 5.74) is 5.04. The maximum Gasteiger partial charge on any atom is 0.253 e. The molecule has 26 heavy (non-hydrogen) atoms. The van der Waals surface area contributed by atoms with Crippen LogP contribution in [0.15, 0.2) is 67.3 Å². The molecule has 5 heteroatoms. The molecule has 130 valence electrons. The van der Waals surface area contributed by atoms with Crippen molar-refractivity contribution in [2.24, 2.45) is 0 Å². The average Bonchev–Trinajstić information content (AvgIpc) is 3.02. The third-order valence-corrected chi connectivity index (χ3v) is 4.67. The predicted octanol–water partition coefficient (Wildman–Crippen LogP) is 3.49. The van der Waals surface area contributed by atoms with Crippen LogP contribution < -0.4 is 10.2 Å². The quantitative estimate of drug-likeness (QED) is 0.787. The Hall–Kier alpha value is -3.21. The van der Waals surface area contributed by atoms with E-state index < -0.39 is 0 Å². The van der Waals surface area contributed by atoms with Crippen molar-refractivity contribution >= 4 is 17.3 Å². The van der Waals surface area contributed by atoms with Crippen LogP contribution in [0, 0.1) is 0 Å². The summed E-state index contributed by atoms with van der Waals surface area (Å²) in [7, 11) is 0. The van der Waals surface area contributed by atoms with Gasteiger partial charge in [-0.1, -0.05) is 18.2 Å². The van der Waals surface area contributed by atoms with Gasteiger partial charge in [0.1, 0.15) is 0 Å². The van der Waals surface area contributed by atoms with Crippen LogP contribution in [0.1, 0.15) is 28.4 Å². The average molecular weight is 344 g/mol. The first-order valence-electron chi connectivity index (χ1n) is 8.71. The van der Waals surface area contributed by atoms with Crippen LogP contribution in [-0.2, 0) is 13.0 Å². The van der Waals surface area contributed by atoms with Crippen molar-refractivity contribution in [3.8, 4) is 0 Å². The molecule has 1 aliphatic heterocycles. The monoisotopic (exact) mass is 344 g/mol. The van der Waals surface area contributed by atoms with Crippen molar-refractivity contribution in [2.45, 2.75) is 25.9 Å². The fourth-order valence-electron chi connectivity index (χ4n) is 3.43. The molecular formula is C21H20N4O. The Balaban J connectivity index is 1.54. The Bertz CT molecular complexity index is 926. The normalized spacial score (nSPS) is 15.6. The molecule has 0 spiro atoms. The maximum atomic E-state index is 12.5. The highest BCUT2D eigenvalue weighted by Crippen LogP contribution is 2.37. The largest absolute Gasteiger partial charge is 0.348 e. The van der Waals surface area contributed by atoms with Crippen molar-refractivity contribution < 1.29 is 4.79 Å². The number of carbonyl (C=O) groups is 1. The molecule has 0 saturated carbocycles. The van der Waals surface area contributed by atoms with Crippen molar-refractivity contribution in [1.29, 1.82) is 0 Å². The zero-order valence-corrected chi connectivity index (χ0v) is 14.6. The summed E-state index contributed by atoms with van der Waals surface area (Å²) < 4.78 is 0. The molecule has 1 aromatic carbocycles. The van der Waals surface area contributed by atoms with E-state index in [1.54, 1.807) is 18.6 Å². The highest BCUT2D eigenvalue weighted by atomic mass is 16.1. The SMILES string of the molecule is CC1Cc2ccccc2N1c1cncc(C(=O)NCc2ccncc2)c1. The van der Waals surface area contributed by atoms with Gasteiger partial charge in [-0.2, -0.15) is 0 Å². The number of nitrogens with zero attached hydrogens (tertiary/aromatic N) is 3. The highest BCUT2D eigenvalue weighted by Gasteiger charge is 2.27. The van der Waals surface area contributed by atoms with Crippen molar-refractivity contribution in [3.05, 3.63) is 83.9 Å². The Labute approximate surface area is 152 Å². The molecule has 1 atom stereocenters. The minimum Gasteiger partial charge on any atom is -0.348 e. The molecule has 2 aromatic heterocycles. The number of fused-ring (bicyclic) bond motifs is 1. The molecule has 0 saturated heterocycles. The standard InChI is InChI=1S/C21H20N4O/c1-15-10-17-4-2-3-5-20(17)25(15)19-11-18(13-23-14-19)21(26)24-12-16-6-8-22-9-7-16/h2-9,11,13-15H,10,12H2,1H3,(H,24,26). The number of para-hydroxylation sites is 1. The number of amides is 1. The Morgan fingerprint density at radius 1 is 1.15 bits per heavy atom. The number of benzene rings is 1. The fraction of sp³-hybridized carbons (Fsp3) is 0.190. The number of aromatic nitrogens is 2. The number of hydrogen-bond acceptors (Lipinski definition) is 4. The number of pyridine rings is 2. The van der Waals surface area contributed by atoms with E-state index in [1.807, 2.05) is 30.5 Å². The molecule has 1 amide bonds. The summed E-state index contributed by atoms with van der Waals surface area (Å²) >= 11 is 0. The zero-order chi connectivity index (χ0) is 17.9. The second kappa shape index (κ2) is 6.96. The van der Waals surface area contributed by atoms with Gasteiger partial charge in [0, 0.05) is 36.9 Å². The first-order valence-corrected chi connectivity index (χ1v) is 8.71. The third-order valence-electron chi connectivity index (χ3n) is 4.67. The van der Waals surface area contributed by atoms with E-state index in [0.29, 0.717) is 18.2 Å². The molecule has 3 aromatic rings. The maximum absolute atomic E-state index is 12.5. The van der Waals surface area contributed by atoms with Gasteiger partial charge in [0.05, 0.1) is 17.4 Å². The van der Waals surface area contributed by atoms with Crippen molar-refractivity contribution in [2.75, 3.05) is 4.90 Å². The van der Waals surface area contributed by atoms with E-state index in [1.165, 1.54) is 11.3 Å². The van der Waals surface area contributed by atoms with Gasteiger partial charge in [-0.3, -0.25) is 14.8 Å². The van der Waals surface area contributed by atoms with Crippen LogP contribution in [-0.4, -0.2) is 21.9 Å². The van der Waals surface area contributed by atoms with E-state index in [0.717, 1.165) is 17.7 Å². The summed E-state index contributed by atoms with van der Waals surface area (Å²) in [5.74, 6) is -0.128. The van der Waals surface area contributed by atoms with Gasteiger partial charge in [0.25, 0.3) is 5.91 Å². The Morgan fingerprint density at radius 2 is 1.96 bits per heavy atom. The van der Waals surface area contributed by atoms with E-state index >= 15 is 0 Å². The molecule has 3 heterocycles. The van der Waals surface area contributed by atoms with E-state index in [4.69, 9.17) is 0 Å². The van der Waals surface area contributed by atoms with Crippen LogP contribution in [0.3, 0.4) is 0 Å². The second-order valence-corrected chi connectivity index (χ2v) is 6.52. The Morgan fingerprint density at radius 3 is 2.81 bits per heavy atom. The molecule has 0 fully saturated rings. The second-order valence-electron chi connectivity index (χ2n) is 6.52.